The fourth-order valence-corrected chi connectivity index (χ4v) is 3.87. The van der Waals surface area contributed by atoms with Gasteiger partial charge in [0.2, 0.25) is 0 Å². The van der Waals surface area contributed by atoms with E-state index in [1.165, 1.54) is 31.5 Å². The van der Waals surface area contributed by atoms with E-state index in [4.69, 9.17) is 4.74 Å². The summed E-state index contributed by atoms with van der Waals surface area (Å²) < 4.78 is 7.06. The Labute approximate surface area is 146 Å². The molecule has 1 aromatic heterocycles. The van der Waals surface area contributed by atoms with Crippen LogP contribution >= 0.6 is 11.3 Å². The standard InChI is InChI=1S/C20H21N2OS/c1-4-13-22(14-5-1)15-12-16-8-10-17(11-9-16)23-20-21-18-6-2-3-7-19(18)24-20/h1-3,6-11H,4-5,12-15H2. The number of likely N-dealkylation sites (tertiary alicyclic amines) is 1. The molecule has 1 fully saturated rings. The average Bonchev–Trinajstić information content (AvgIpc) is 3.04. The Hall–Kier alpha value is -1.91. The van der Waals surface area contributed by atoms with Crippen LogP contribution in [0.25, 0.3) is 10.2 Å². The van der Waals surface area contributed by atoms with Gasteiger partial charge in [-0.1, -0.05) is 35.6 Å². The third kappa shape index (κ3) is 3.77. The van der Waals surface area contributed by atoms with Crippen molar-refractivity contribution in [3.63, 3.8) is 0 Å². The molecule has 0 N–H and O–H groups in total. The maximum atomic E-state index is 5.91. The molecular formula is C20H21N2OS. The van der Waals surface area contributed by atoms with E-state index in [0.29, 0.717) is 5.19 Å². The van der Waals surface area contributed by atoms with Gasteiger partial charge in [0.15, 0.2) is 0 Å². The van der Waals surface area contributed by atoms with E-state index in [9.17, 15) is 0 Å². The molecule has 0 aliphatic carbocycles. The Morgan fingerprint density at radius 2 is 1.79 bits per heavy atom. The van der Waals surface area contributed by atoms with Gasteiger partial charge in [0.05, 0.1) is 10.2 Å². The summed E-state index contributed by atoms with van der Waals surface area (Å²) in [6.07, 6.45) is 5.95. The molecule has 4 rings (SSSR count). The van der Waals surface area contributed by atoms with Gasteiger partial charge in [0.25, 0.3) is 5.19 Å². The summed E-state index contributed by atoms with van der Waals surface area (Å²) >= 11 is 1.58. The number of hydrogen-bond acceptors (Lipinski definition) is 4. The predicted octanol–water partition coefficient (Wildman–Crippen LogP) is 4.93. The lowest BCUT2D eigenvalue weighted by Gasteiger charge is -2.26. The number of hydrogen-bond donors (Lipinski definition) is 0. The second-order valence-electron chi connectivity index (χ2n) is 6.15. The van der Waals surface area contributed by atoms with Gasteiger partial charge in [-0.25, -0.2) is 4.98 Å². The maximum absolute atomic E-state index is 5.91. The molecule has 123 valence electrons. The van der Waals surface area contributed by atoms with E-state index < -0.39 is 0 Å². The van der Waals surface area contributed by atoms with Crippen LogP contribution in [0.5, 0.6) is 10.9 Å². The van der Waals surface area contributed by atoms with Crippen molar-refractivity contribution in [3.8, 4) is 10.9 Å². The molecule has 1 radical (unpaired) electrons. The topological polar surface area (TPSA) is 25.4 Å². The minimum Gasteiger partial charge on any atom is -0.431 e. The van der Waals surface area contributed by atoms with Crippen LogP contribution in [0.3, 0.4) is 0 Å². The van der Waals surface area contributed by atoms with Crippen LogP contribution in [-0.4, -0.2) is 29.5 Å². The predicted molar refractivity (Wildman–Crippen MR) is 99.8 cm³/mol. The molecule has 0 amide bonds. The highest BCUT2D eigenvalue weighted by atomic mass is 32.1. The van der Waals surface area contributed by atoms with Crippen LogP contribution in [0.1, 0.15) is 18.4 Å². The summed E-state index contributed by atoms with van der Waals surface area (Å²) in [6, 6.07) is 16.5. The first-order valence-electron chi connectivity index (χ1n) is 8.53. The van der Waals surface area contributed by atoms with Crippen LogP contribution in [0.2, 0.25) is 0 Å². The Morgan fingerprint density at radius 1 is 1.00 bits per heavy atom. The van der Waals surface area contributed by atoms with Gasteiger partial charge in [0.1, 0.15) is 5.75 Å². The van der Waals surface area contributed by atoms with Gasteiger partial charge in [-0.15, -0.1) is 0 Å². The molecule has 0 unspecified atom stereocenters. The first-order chi connectivity index (χ1) is 11.9. The molecule has 1 aliphatic rings. The zero-order chi connectivity index (χ0) is 16.2. The zero-order valence-electron chi connectivity index (χ0n) is 13.6. The van der Waals surface area contributed by atoms with E-state index in [0.717, 1.165) is 28.9 Å². The van der Waals surface area contributed by atoms with Crippen molar-refractivity contribution in [1.29, 1.82) is 0 Å². The van der Waals surface area contributed by atoms with Crippen LogP contribution in [0, 0.1) is 6.42 Å². The number of aromatic nitrogens is 1. The highest BCUT2D eigenvalue weighted by molar-refractivity contribution is 7.20. The van der Waals surface area contributed by atoms with Crippen molar-refractivity contribution in [2.24, 2.45) is 0 Å². The molecule has 2 aromatic carbocycles. The molecule has 3 nitrogen and oxygen atoms in total. The van der Waals surface area contributed by atoms with E-state index in [2.05, 4.69) is 34.5 Å². The van der Waals surface area contributed by atoms with Crippen molar-refractivity contribution in [3.05, 3.63) is 60.5 Å². The molecule has 0 atom stereocenters. The molecule has 0 bridgehead atoms. The number of ether oxygens (including phenoxy) is 1. The lowest BCUT2D eigenvalue weighted by molar-refractivity contribution is 0.257. The largest absolute Gasteiger partial charge is 0.431 e. The van der Waals surface area contributed by atoms with Gasteiger partial charge in [0, 0.05) is 6.54 Å². The fraction of sp³-hybridized carbons (Fsp3) is 0.300. The number of benzene rings is 2. The number of rotatable bonds is 5. The summed E-state index contributed by atoms with van der Waals surface area (Å²) in [5, 5.41) is 0.702. The van der Waals surface area contributed by atoms with Crippen molar-refractivity contribution in [2.75, 3.05) is 19.6 Å². The van der Waals surface area contributed by atoms with Crippen LogP contribution < -0.4 is 4.74 Å². The van der Waals surface area contributed by atoms with Crippen LogP contribution in [0.4, 0.5) is 0 Å². The number of nitrogens with zero attached hydrogens (tertiary/aromatic N) is 2. The lowest BCUT2D eigenvalue weighted by Crippen LogP contribution is -2.31. The first kappa shape index (κ1) is 15.6. The number of thiazole rings is 1. The monoisotopic (exact) mass is 337 g/mol. The Bertz CT molecular complexity index is 758. The molecule has 3 aromatic rings. The number of fused-ring (bicyclic) bond motifs is 1. The van der Waals surface area contributed by atoms with E-state index >= 15 is 0 Å². The van der Waals surface area contributed by atoms with Gasteiger partial charge >= 0.3 is 0 Å². The quantitative estimate of drug-likeness (QED) is 0.660. The highest BCUT2D eigenvalue weighted by Crippen LogP contribution is 2.31. The van der Waals surface area contributed by atoms with Crippen molar-refractivity contribution in [1.82, 2.24) is 9.88 Å². The maximum Gasteiger partial charge on any atom is 0.279 e. The van der Waals surface area contributed by atoms with E-state index in [-0.39, 0.29) is 0 Å². The molecule has 4 heteroatoms. The lowest BCUT2D eigenvalue weighted by atomic mass is 10.1. The normalized spacial score (nSPS) is 15.7. The minimum atomic E-state index is 0.702. The summed E-state index contributed by atoms with van der Waals surface area (Å²) in [4.78, 5) is 7.06. The second-order valence-corrected chi connectivity index (χ2v) is 7.14. The summed E-state index contributed by atoms with van der Waals surface area (Å²) in [5.74, 6) is 0.852. The fourth-order valence-electron chi connectivity index (χ4n) is 3.03. The SMILES string of the molecule is [CH]1CCN(CCc2ccc(Oc3nc4ccccc4s3)cc2)CC1. The summed E-state index contributed by atoms with van der Waals surface area (Å²) in [5.41, 5.74) is 2.36. The second kappa shape index (κ2) is 7.32. The number of para-hydroxylation sites is 1. The Morgan fingerprint density at radius 3 is 2.58 bits per heavy atom. The molecular weight excluding hydrogens is 316 g/mol. The van der Waals surface area contributed by atoms with Crippen molar-refractivity contribution in [2.45, 2.75) is 19.3 Å². The molecule has 1 saturated heterocycles. The van der Waals surface area contributed by atoms with Gasteiger partial charge in [-0.2, -0.15) is 0 Å². The molecule has 24 heavy (non-hydrogen) atoms. The summed E-state index contributed by atoms with van der Waals surface area (Å²) in [6.45, 7) is 3.56. The molecule has 0 spiro atoms. The summed E-state index contributed by atoms with van der Waals surface area (Å²) in [7, 11) is 0. The van der Waals surface area contributed by atoms with Gasteiger partial charge < -0.3 is 9.64 Å². The molecule has 2 heterocycles. The average molecular weight is 337 g/mol. The van der Waals surface area contributed by atoms with E-state index in [1.54, 1.807) is 11.3 Å². The van der Waals surface area contributed by atoms with Gasteiger partial charge in [-0.05, 0) is 68.6 Å². The highest BCUT2D eigenvalue weighted by Gasteiger charge is 2.10. The van der Waals surface area contributed by atoms with Crippen LogP contribution in [0.15, 0.2) is 48.5 Å². The van der Waals surface area contributed by atoms with Crippen molar-refractivity contribution < 1.29 is 4.74 Å². The number of piperidine rings is 1. The van der Waals surface area contributed by atoms with Crippen LogP contribution in [-0.2, 0) is 6.42 Å². The van der Waals surface area contributed by atoms with Gasteiger partial charge in [-0.3, -0.25) is 0 Å². The molecule has 1 aliphatic heterocycles. The third-order valence-corrected chi connectivity index (χ3v) is 5.33. The Kier molecular flexibility index (Phi) is 4.76. The first-order valence-corrected chi connectivity index (χ1v) is 9.35. The minimum absolute atomic E-state index is 0.702. The molecule has 0 saturated carbocycles. The Balaban J connectivity index is 1.36. The van der Waals surface area contributed by atoms with Crippen molar-refractivity contribution >= 4 is 21.6 Å². The smallest absolute Gasteiger partial charge is 0.279 e. The third-order valence-electron chi connectivity index (χ3n) is 4.42. The zero-order valence-corrected chi connectivity index (χ0v) is 14.5. The van der Waals surface area contributed by atoms with E-state index in [1.807, 2.05) is 30.3 Å².